The first-order valence-electron chi connectivity index (χ1n) is 13.1. The molecule has 2 fully saturated rings. The number of nitrogens with two attached hydrogens (primary N) is 1. The molecule has 2 aliphatic rings. The van der Waals surface area contributed by atoms with E-state index in [0.29, 0.717) is 29.0 Å². The highest BCUT2D eigenvalue weighted by molar-refractivity contribution is 6.34. The summed E-state index contributed by atoms with van der Waals surface area (Å²) in [5.41, 5.74) is 5.22. The standard InChI is InChI=1S/C27H23Cl2F4N7O2/c1-38-20(27(31,32)33)7-13(37-38)6-19(41)16-8-17(28)15(9-18(16)30)23-24-25(34)35-10-21(29)40(24)26(36-23)12-2-3-14-4-5-22(42)39(14)11-12/h7-10,12,14H,2-6,11H2,1H3,(H2,34,35)/t12-,14+/m1/s1. The van der Waals surface area contributed by atoms with Gasteiger partial charge in [-0.1, -0.05) is 23.2 Å². The quantitative estimate of drug-likeness (QED) is 0.233. The van der Waals surface area contributed by atoms with E-state index in [-0.39, 0.29) is 50.8 Å². The van der Waals surface area contributed by atoms with E-state index in [1.165, 1.54) is 6.20 Å². The van der Waals surface area contributed by atoms with Crippen molar-refractivity contribution in [1.29, 1.82) is 0 Å². The number of amides is 1. The zero-order valence-electron chi connectivity index (χ0n) is 22.1. The van der Waals surface area contributed by atoms with Crippen LogP contribution >= 0.6 is 23.2 Å². The van der Waals surface area contributed by atoms with Gasteiger partial charge in [-0.2, -0.15) is 18.3 Å². The highest BCUT2D eigenvalue weighted by atomic mass is 35.5. The minimum Gasteiger partial charge on any atom is -0.382 e. The van der Waals surface area contributed by atoms with Crippen LogP contribution in [0.25, 0.3) is 16.8 Å². The lowest BCUT2D eigenvalue weighted by Gasteiger charge is -2.34. The Hall–Kier alpha value is -3.71. The molecule has 2 saturated heterocycles. The molecule has 9 nitrogen and oxygen atoms in total. The molecule has 2 atom stereocenters. The maximum atomic E-state index is 15.4. The molecule has 3 aromatic heterocycles. The second-order valence-electron chi connectivity index (χ2n) is 10.5. The number of rotatable bonds is 5. The number of alkyl halides is 3. The van der Waals surface area contributed by atoms with E-state index in [1.54, 1.807) is 4.40 Å². The summed E-state index contributed by atoms with van der Waals surface area (Å²) in [5, 5.41) is 3.90. The fourth-order valence-corrected chi connectivity index (χ4v) is 6.42. The smallest absolute Gasteiger partial charge is 0.382 e. The number of imidazole rings is 1. The number of piperidine rings is 1. The van der Waals surface area contributed by atoms with Crippen molar-refractivity contribution in [3.05, 3.63) is 63.2 Å². The number of aromatic nitrogens is 5. The number of ketones is 1. The number of halogens is 6. The number of nitrogen functional groups attached to an aromatic ring is 1. The monoisotopic (exact) mass is 623 g/mol. The number of hydrogen-bond acceptors (Lipinski definition) is 6. The molecule has 1 amide bonds. The van der Waals surface area contributed by atoms with E-state index in [1.807, 2.05) is 4.90 Å². The summed E-state index contributed by atoms with van der Waals surface area (Å²) < 4.78 is 57.1. The number of Topliss-reactive ketones (excluding diaryl/α,β-unsaturated/α-hetero) is 1. The third-order valence-electron chi connectivity index (χ3n) is 7.93. The first-order valence-corrected chi connectivity index (χ1v) is 13.8. The van der Waals surface area contributed by atoms with Crippen molar-refractivity contribution in [2.75, 3.05) is 12.3 Å². The van der Waals surface area contributed by atoms with Gasteiger partial charge in [0, 0.05) is 37.5 Å². The number of hydrogen-bond donors (Lipinski definition) is 1. The Balaban J connectivity index is 1.38. The van der Waals surface area contributed by atoms with E-state index in [9.17, 15) is 22.8 Å². The second kappa shape index (κ2) is 10.2. The number of carbonyl (C=O) groups is 2. The Morgan fingerprint density at radius 3 is 2.64 bits per heavy atom. The summed E-state index contributed by atoms with van der Waals surface area (Å²) in [6.07, 6.45) is -0.993. The van der Waals surface area contributed by atoms with E-state index < -0.39 is 35.5 Å². The van der Waals surface area contributed by atoms with Gasteiger partial charge in [-0.3, -0.25) is 18.7 Å². The lowest BCUT2D eigenvalue weighted by Crippen LogP contribution is -2.41. The zero-order chi connectivity index (χ0) is 30.1. The topological polar surface area (TPSA) is 111 Å². The molecule has 1 aromatic carbocycles. The van der Waals surface area contributed by atoms with Crippen molar-refractivity contribution in [3.63, 3.8) is 0 Å². The molecule has 5 heterocycles. The van der Waals surface area contributed by atoms with E-state index in [4.69, 9.17) is 33.9 Å². The maximum absolute atomic E-state index is 15.4. The molecular weight excluding hydrogens is 601 g/mol. The third-order valence-corrected chi connectivity index (χ3v) is 8.51. The normalized spacial score (nSPS) is 19.1. The van der Waals surface area contributed by atoms with Crippen LogP contribution in [0.2, 0.25) is 10.2 Å². The Labute approximate surface area is 246 Å². The molecule has 2 aliphatic heterocycles. The minimum absolute atomic E-state index is 0.0406. The van der Waals surface area contributed by atoms with Crippen LogP contribution in [0.4, 0.5) is 23.4 Å². The van der Waals surface area contributed by atoms with Gasteiger partial charge < -0.3 is 10.6 Å². The van der Waals surface area contributed by atoms with Crippen LogP contribution in [0.1, 0.15) is 59.2 Å². The van der Waals surface area contributed by atoms with Crippen LogP contribution in [0, 0.1) is 5.82 Å². The molecular formula is C27H23Cl2F4N7O2. The summed E-state index contributed by atoms with van der Waals surface area (Å²) in [5.74, 6) is -1.28. The fourth-order valence-electron chi connectivity index (χ4n) is 5.95. The summed E-state index contributed by atoms with van der Waals surface area (Å²) in [4.78, 5) is 36.1. The van der Waals surface area contributed by atoms with Crippen LogP contribution in [0.15, 0.2) is 24.4 Å². The molecule has 0 bridgehead atoms. The number of fused-ring (bicyclic) bond motifs is 2. The number of carbonyl (C=O) groups excluding carboxylic acids is 2. The maximum Gasteiger partial charge on any atom is 0.433 e. The average molecular weight is 624 g/mol. The molecule has 42 heavy (non-hydrogen) atoms. The first kappa shape index (κ1) is 28.4. The van der Waals surface area contributed by atoms with Crippen molar-refractivity contribution >= 4 is 46.2 Å². The lowest BCUT2D eigenvalue weighted by atomic mass is 9.92. The molecule has 0 unspecified atom stereocenters. The SMILES string of the molecule is Cn1nc(CC(=O)c2cc(Cl)c(-c3nc([C@@H]4CC[C@H]5CCC(=O)N5C4)n4c(Cl)cnc(N)c34)cc2F)cc1C(F)(F)F. The van der Waals surface area contributed by atoms with Gasteiger partial charge in [0.15, 0.2) is 5.78 Å². The zero-order valence-corrected chi connectivity index (χ0v) is 23.6. The van der Waals surface area contributed by atoms with Gasteiger partial charge in [0.2, 0.25) is 5.91 Å². The van der Waals surface area contributed by atoms with Crippen molar-refractivity contribution in [2.24, 2.45) is 7.05 Å². The van der Waals surface area contributed by atoms with Crippen LogP contribution in [-0.4, -0.2) is 53.3 Å². The minimum atomic E-state index is -4.66. The molecule has 4 aromatic rings. The van der Waals surface area contributed by atoms with E-state index >= 15 is 4.39 Å². The Morgan fingerprint density at radius 2 is 1.93 bits per heavy atom. The van der Waals surface area contributed by atoms with E-state index in [2.05, 4.69) is 10.1 Å². The number of anilines is 1. The highest BCUT2D eigenvalue weighted by Gasteiger charge is 2.39. The van der Waals surface area contributed by atoms with Gasteiger partial charge in [0.1, 0.15) is 39.5 Å². The average Bonchev–Trinajstić information content (AvgIpc) is 3.62. The van der Waals surface area contributed by atoms with Crippen LogP contribution < -0.4 is 5.73 Å². The molecule has 2 N–H and O–H groups in total. The van der Waals surface area contributed by atoms with E-state index in [0.717, 1.165) is 44.5 Å². The molecule has 6 rings (SSSR count). The first-order chi connectivity index (χ1) is 19.8. The van der Waals surface area contributed by atoms with Crippen LogP contribution in [0.5, 0.6) is 0 Å². The molecule has 15 heteroatoms. The number of aryl methyl sites for hydroxylation is 1. The molecule has 220 valence electrons. The highest BCUT2D eigenvalue weighted by Crippen LogP contribution is 2.41. The van der Waals surface area contributed by atoms with Gasteiger partial charge in [0.05, 0.1) is 28.9 Å². The van der Waals surface area contributed by atoms with Crippen molar-refractivity contribution in [3.8, 4) is 11.3 Å². The summed E-state index contributed by atoms with van der Waals surface area (Å²) in [6, 6.07) is 3.08. The summed E-state index contributed by atoms with van der Waals surface area (Å²) in [6.45, 7) is 0.444. The van der Waals surface area contributed by atoms with Crippen LogP contribution in [0.3, 0.4) is 0 Å². The molecule has 0 radical (unpaired) electrons. The largest absolute Gasteiger partial charge is 0.433 e. The van der Waals surface area contributed by atoms with Gasteiger partial charge in [-0.05, 0) is 37.5 Å². The van der Waals surface area contributed by atoms with Gasteiger partial charge in [0.25, 0.3) is 0 Å². The fraction of sp³-hybridized carbons (Fsp3) is 0.370. The molecule has 0 saturated carbocycles. The molecule has 0 spiro atoms. The summed E-state index contributed by atoms with van der Waals surface area (Å²) in [7, 11) is 1.11. The lowest BCUT2D eigenvalue weighted by molar-refractivity contribution is -0.143. The van der Waals surface area contributed by atoms with Crippen molar-refractivity contribution < 1.29 is 27.2 Å². The van der Waals surface area contributed by atoms with Gasteiger partial charge in [-0.15, -0.1) is 0 Å². The van der Waals surface area contributed by atoms with Crippen molar-refractivity contribution in [2.45, 2.75) is 50.2 Å². The molecule has 0 aliphatic carbocycles. The number of nitrogens with zero attached hydrogens (tertiary/aromatic N) is 6. The van der Waals surface area contributed by atoms with Crippen LogP contribution in [-0.2, 0) is 24.4 Å². The van der Waals surface area contributed by atoms with Gasteiger partial charge >= 0.3 is 6.18 Å². The Bertz CT molecular complexity index is 1770. The predicted octanol–water partition coefficient (Wildman–Crippen LogP) is 5.47. The third kappa shape index (κ3) is 4.77. The second-order valence-corrected chi connectivity index (χ2v) is 11.3. The number of benzene rings is 1. The summed E-state index contributed by atoms with van der Waals surface area (Å²) >= 11 is 13.1. The van der Waals surface area contributed by atoms with Crippen molar-refractivity contribution in [1.82, 2.24) is 29.0 Å². The van der Waals surface area contributed by atoms with Gasteiger partial charge in [-0.25, -0.2) is 14.4 Å². The Kier molecular flexibility index (Phi) is 6.92. The predicted molar refractivity (Wildman–Crippen MR) is 146 cm³/mol. The Morgan fingerprint density at radius 1 is 1.17 bits per heavy atom.